The molecule has 106 valence electrons. The molecule has 6 nitrogen and oxygen atoms in total. The summed E-state index contributed by atoms with van der Waals surface area (Å²) in [5, 5.41) is 13.6. The lowest BCUT2D eigenvalue weighted by Gasteiger charge is -2.24. The van der Waals surface area contributed by atoms with E-state index < -0.39 is 12.5 Å². The summed E-state index contributed by atoms with van der Waals surface area (Å²) in [6, 6.07) is 7.57. The van der Waals surface area contributed by atoms with Crippen molar-refractivity contribution in [2.45, 2.75) is 19.3 Å². The Kier molecular flexibility index (Phi) is 4.34. The van der Waals surface area contributed by atoms with Crippen LogP contribution in [0, 0.1) is 5.92 Å². The van der Waals surface area contributed by atoms with Crippen molar-refractivity contribution in [1.82, 2.24) is 5.32 Å². The average molecular weight is 276 g/mol. The molecular formula is C14H16N2O4. The number of aliphatic carboxylic acids is 1. The molecule has 20 heavy (non-hydrogen) atoms. The highest BCUT2D eigenvalue weighted by Crippen LogP contribution is 2.27. The van der Waals surface area contributed by atoms with Crippen LogP contribution in [0.5, 0.6) is 0 Å². The lowest BCUT2D eigenvalue weighted by molar-refractivity contribution is -0.138. The smallest absolute Gasteiger partial charge is 0.322 e. The van der Waals surface area contributed by atoms with Gasteiger partial charge in [-0.05, 0) is 24.5 Å². The molecule has 2 amide bonds. The van der Waals surface area contributed by atoms with E-state index in [-0.39, 0.29) is 24.2 Å². The topological polar surface area (TPSA) is 95.5 Å². The second-order valence-electron chi connectivity index (χ2n) is 4.76. The van der Waals surface area contributed by atoms with Crippen LogP contribution in [0.2, 0.25) is 0 Å². The van der Waals surface area contributed by atoms with Crippen molar-refractivity contribution >= 4 is 23.5 Å². The van der Waals surface area contributed by atoms with Crippen LogP contribution in [0.15, 0.2) is 24.3 Å². The normalized spacial score (nSPS) is 17.0. The summed E-state index contributed by atoms with van der Waals surface area (Å²) in [5.74, 6) is -1.77. The summed E-state index contributed by atoms with van der Waals surface area (Å²) in [6.45, 7) is -0.390. The quantitative estimate of drug-likeness (QED) is 0.740. The molecule has 0 aromatic heterocycles. The number of para-hydroxylation sites is 1. The zero-order chi connectivity index (χ0) is 14.5. The number of carbonyl (C=O) groups excluding carboxylic acids is 2. The molecule has 0 spiro atoms. The van der Waals surface area contributed by atoms with Crippen LogP contribution in [-0.4, -0.2) is 29.4 Å². The Labute approximate surface area is 116 Å². The van der Waals surface area contributed by atoms with Crippen LogP contribution in [0.1, 0.15) is 18.4 Å². The number of hydrogen-bond acceptors (Lipinski definition) is 3. The van der Waals surface area contributed by atoms with E-state index in [1.807, 2.05) is 24.3 Å². The molecular weight excluding hydrogens is 260 g/mol. The number of carboxylic acids is 1. The molecule has 6 heteroatoms. The van der Waals surface area contributed by atoms with Crippen LogP contribution in [-0.2, 0) is 20.8 Å². The molecule has 1 aliphatic heterocycles. The molecule has 1 atom stereocenters. The zero-order valence-electron chi connectivity index (χ0n) is 10.9. The molecule has 0 aliphatic carbocycles. The van der Waals surface area contributed by atoms with Crippen LogP contribution in [0.4, 0.5) is 5.69 Å². The Morgan fingerprint density at radius 3 is 2.85 bits per heavy atom. The molecule has 0 saturated heterocycles. The summed E-state index contributed by atoms with van der Waals surface area (Å²) in [5.41, 5.74) is 1.88. The lowest BCUT2D eigenvalue weighted by atomic mass is 9.89. The van der Waals surface area contributed by atoms with E-state index in [1.165, 1.54) is 0 Å². The first kappa shape index (κ1) is 14.0. The minimum absolute atomic E-state index is 0.0882. The van der Waals surface area contributed by atoms with Crippen molar-refractivity contribution in [3.05, 3.63) is 29.8 Å². The first-order chi connectivity index (χ1) is 9.56. The first-order valence-electron chi connectivity index (χ1n) is 6.43. The maximum absolute atomic E-state index is 11.9. The Bertz CT molecular complexity index is 542. The summed E-state index contributed by atoms with van der Waals surface area (Å²) < 4.78 is 0. The molecule has 0 bridgehead atoms. The maximum atomic E-state index is 11.9. The van der Waals surface area contributed by atoms with Gasteiger partial charge in [0.2, 0.25) is 11.8 Å². The second kappa shape index (κ2) is 6.18. The summed E-state index contributed by atoms with van der Waals surface area (Å²) in [4.78, 5) is 33.7. The van der Waals surface area contributed by atoms with Gasteiger partial charge in [-0.3, -0.25) is 14.4 Å². The fourth-order valence-electron chi connectivity index (χ4n) is 2.21. The summed E-state index contributed by atoms with van der Waals surface area (Å²) >= 11 is 0. The number of carbonyl (C=O) groups is 3. The van der Waals surface area contributed by atoms with Gasteiger partial charge in [0, 0.05) is 18.0 Å². The monoisotopic (exact) mass is 276 g/mol. The fraction of sp³-hybridized carbons (Fsp3) is 0.357. The number of fused-ring (bicyclic) bond motifs is 1. The molecule has 0 saturated carbocycles. The van der Waals surface area contributed by atoms with E-state index in [2.05, 4.69) is 10.6 Å². The minimum atomic E-state index is -1.08. The van der Waals surface area contributed by atoms with Crippen molar-refractivity contribution in [3.8, 4) is 0 Å². The van der Waals surface area contributed by atoms with Crippen LogP contribution in [0.25, 0.3) is 0 Å². The molecule has 1 aliphatic rings. The van der Waals surface area contributed by atoms with Crippen molar-refractivity contribution < 1.29 is 19.5 Å². The van der Waals surface area contributed by atoms with E-state index in [9.17, 15) is 14.4 Å². The van der Waals surface area contributed by atoms with Gasteiger partial charge in [0.25, 0.3) is 0 Å². The highest BCUT2D eigenvalue weighted by atomic mass is 16.4. The van der Waals surface area contributed by atoms with Crippen LogP contribution >= 0.6 is 0 Å². The SMILES string of the molecule is O=C(O)CNC(=O)CCC1Cc2ccccc2NC1=O. The van der Waals surface area contributed by atoms with E-state index in [0.717, 1.165) is 11.3 Å². The maximum Gasteiger partial charge on any atom is 0.322 e. The van der Waals surface area contributed by atoms with Crippen LogP contribution < -0.4 is 10.6 Å². The molecule has 1 aromatic carbocycles. The van der Waals surface area contributed by atoms with Crippen molar-refractivity contribution in [3.63, 3.8) is 0 Å². The number of nitrogens with one attached hydrogen (secondary N) is 2. The van der Waals surface area contributed by atoms with Gasteiger partial charge in [0.15, 0.2) is 0 Å². The highest BCUT2D eigenvalue weighted by molar-refractivity contribution is 5.96. The summed E-state index contributed by atoms with van der Waals surface area (Å²) in [7, 11) is 0. The number of rotatable bonds is 5. The number of carboxylic acid groups (broad SMARTS) is 1. The van der Waals surface area contributed by atoms with Gasteiger partial charge in [0.05, 0.1) is 0 Å². The largest absolute Gasteiger partial charge is 0.480 e. The van der Waals surface area contributed by atoms with Gasteiger partial charge in [-0.2, -0.15) is 0 Å². The standard InChI is InChI=1S/C14H16N2O4/c17-12(15-8-13(18)19)6-5-10-7-9-3-1-2-4-11(9)16-14(10)20/h1-4,10H,5-8H2,(H,15,17)(H,16,20)(H,18,19). The van der Waals surface area contributed by atoms with E-state index in [1.54, 1.807) is 0 Å². The third kappa shape index (κ3) is 3.57. The van der Waals surface area contributed by atoms with Gasteiger partial charge in [-0.1, -0.05) is 18.2 Å². The van der Waals surface area contributed by atoms with E-state index in [4.69, 9.17) is 5.11 Å². The highest BCUT2D eigenvalue weighted by Gasteiger charge is 2.26. The van der Waals surface area contributed by atoms with E-state index in [0.29, 0.717) is 12.8 Å². The molecule has 1 unspecified atom stereocenters. The molecule has 2 rings (SSSR count). The summed E-state index contributed by atoms with van der Waals surface area (Å²) in [6.07, 6.45) is 1.16. The van der Waals surface area contributed by atoms with Gasteiger partial charge < -0.3 is 15.7 Å². The Morgan fingerprint density at radius 1 is 1.35 bits per heavy atom. The van der Waals surface area contributed by atoms with Crippen molar-refractivity contribution in [2.75, 3.05) is 11.9 Å². The van der Waals surface area contributed by atoms with Gasteiger partial charge in [-0.25, -0.2) is 0 Å². The molecule has 3 N–H and O–H groups in total. The molecule has 0 fully saturated rings. The zero-order valence-corrected chi connectivity index (χ0v) is 10.9. The fourth-order valence-corrected chi connectivity index (χ4v) is 2.21. The van der Waals surface area contributed by atoms with Gasteiger partial charge in [-0.15, -0.1) is 0 Å². The van der Waals surface area contributed by atoms with Gasteiger partial charge >= 0.3 is 5.97 Å². The molecule has 0 radical (unpaired) electrons. The Hall–Kier alpha value is -2.37. The van der Waals surface area contributed by atoms with E-state index >= 15 is 0 Å². The Balaban J connectivity index is 1.87. The van der Waals surface area contributed by atoms with Gasteiger partial charge in [0.1, 0.15) is 6.54 Å². The predicted molar refractivity (Wildman–Crippen MR) is 72.1 cm³/mol. The third-order valence-electron chi connectivity index (χ3n) is 3.27. The van der Waals surface area contributed by atoms with Crippen molar-refractivity contribution in [1.29, 1.82) is 0 Å². The minimum Gasteiger partial charge on any atom is -0.480 e. The number of hydrogen-bond donors (Lipinski definition) is 3. The molecule has 1 aromatic rings. The average Bonchev–Trinajstić information content (AvgIpc) is 2.42. The second-order valence-corrected chi connectivity index (χ2v) is 4.76. The number of anilines is 1. The number of amides is 2. The molecule has 1 heterocycles. The van der Waals surface area contributed by atoms with Crippen molar-refractivity contribution in [2.24, 2.45) is 5.92 Å². The lowest BCUT2D eigenvalue weighted by Crippen LogP contribution is -2.33. The number of benzene rings is 1. The third-order valence-corrected chi connectivity index (χ3v) is 3.27. The first-order valence-corrected chi connectivity index (χ1v) is 6.43. The predicted octanol–water partition coefficient (Wildman–Crippen LogP) is 0.778. The Morgan fingerprint density at radius 2 is 2.10 bits per heavy atom. The van der Waals surface area contributed by atoms with Crippen LogP contribution in [0.3, 0.4) is 0 Å².